The van der Waals surface area contributed by atoms with E-state index in [1.165, 1.54) is 0 Å². The van der Waals surface area contributed by atoms with Crippen LogP contribution in [0, 0.1) is 0 Å². The van der Waals surface area contributed by atoms with Crippen molar-refractivity contribution in [2.45, 2.75) is 53.2 Å². The molecular formula is C24H30N4O6. The molecule has 2 rings (SSSR count). The quantitative estimate of drug-likeness (QED) is 0.382. The monoisotopic (exact) mass is 470 g/mol. The van der Waals surface area contributed by atoms with Crippen LogP contribution in [0.25, 0.3) is 0 Å². The number of carbonyl (C=O) groups excluding carboxylic acids is 3. The van der Waals surface area contributed by atoms with Crippen LogP contribution in [0.4, 0.5) is 21.0 Å². The van der Waals surface area contributed by atoms with Gasteiger partial charge in [0, 0.05) is 12.5 Å². The van der Waals surface area contributed by atoms with Gasteiger partial charge in [0.2, 0.25) is 11.9 Å². The van der Waals surface area contributed by atoms with E-state index in [4.69, 9.17) is 14.2 Å². The van der Waals surface area contributed by atoms with Crippen molar-refractivity contribution >= 4 is 35.4 Å². The highest BCUT2D eigenvalue weighted by Crippen LogP contribution is 2.32. The summed E-state index contributed by atoms with van der Waals surface area (Å²) in [6, 6.07) is 13.9. The maximum Gasteiger partial charge on any atom is 0.414 e. The molecule has 10 heteroatoms. The molecule has 0 unspecified atom stereocenters. The van der Waals surface area contributed by atoms with Crippen molar-refractivity contribution in [2.24, 2.45) is 4.99 Å². The molecule has 2 aromatic carbocycles. The molecule has 182 valence electrons. The van der Waals surface area contributed by atoms with Crippen LogP contribution in [-0.2, 0) is 14.3 Å². The third kappa shape index (κ3) is 9.19. The molecule has 0 atom stereocenters. The normalized spacial score (nSPS) is 10.3. The molecule has 0 fully saturated rings. The fourth-order valence-corrected chi connectivity index (χ4v) is 2.53. The molecule has 0 spiro atoms. The van der Waals surface area contributed by atoms with Crippen LogP contribution in [0.5, 0.6) is 11.5 Å². The number of alkyl carbamates (subject to hydrolysis) is 2. The molecule has 3 N–H and O–H groups in total. The van der Waals surface area contributed by atoms with Gasteiger partial charge in [0.15, 0.2) is 0 Å². The average Bonchev–Trinajstić information content (AvgIpc) is 2.74. The highest BCUT2D eigenvalue weighted by atomic mass is 16.6. The summed E-state index contributed by atoms with van der Waals surface area (Å²) in [6.45, 7) is 8.43. The van der Waals surface area contributed by atoms with Crippen LogP contribution in [0.3, 0.4) is 0 Å². The van der Waals surface area contributed by atoms with Gasteiger partial charge < -0.3 is 19.5 Å². The molecule has 0 heterocycles. The minimum absolute atomic E-state index is 0.234. The number of para-hydroxylation sites is 1. The number of hydrogen-bond donors (Lipinski definition) is 3. The number of benzene rings is 2. The first-order chi connectivity index (χ1) is 16.2. The Hall–Kier alpha value is -4.08. The molecule has 2 aromatic rings. The Labute approximate surface area is 198 Å². The lowest BCUT2D eigenvalue weighted by Gasteiger charge is -2.15. The van der Waals surface area contributed by atoms with Crippen molar-refractivity contribution < 1.29 is 28.6 Å². The summed E-state index contributed by atoms with van der Waals surface area (Å²) in [5.74, 6) is 0.579. The summed E-state index contributed by atoms with van der Waals surface area (Å²) in [6.07, 6.45) is -2.18. The van der Waals surface area contributed by atoms with Gasteiger partial charge in [-0.15, -0.1) is 0 Å². The van der Waals surface area contributed by atoms with E-state index in [1.54, 1.807) is 65.0 Å². The number of rotatable bonds is 7. The SMILES string of the molecule is CCC(=O)Nc1cc(Oc2ccccc2)ccc1N=C(NC(=O)OC(C)C)NC(=O)OC(C)C. The zero-order valence-corrected chi connectivity index (χ0v) is 19.9. The lowest BCUT2D eigenvalue weighted by molar-refractivity contribution is -0.115. The molecule has 0 saturated carbocycles. The highest BCUT2D eigenvalue weighted by molar-refractivity contribution is 6.03. The topological polar surface area (TPSA) is 127 Å². The molecule has 3 amide bonds. The smallest absolute Gasteiger partial charge is 0.414 e. The summed E-state index contributed by atoms with van der Waals surface area (Å²) < 4.78 is 16.0. The molecule has 0 aliphatic rings. The lowest BCUT2D eigenvalue weighted by atomic mass is 10.2. The number of aliphatic imine (C=N–C) groups is 1. The van der Waals surface area contributed by atoms with Gasteiger partial charge in [-0.3, -0.25) is 15.4 Å². The van der Waals surface area contributed by atoms with Gasteiger partial charge in [0.25, 0.3) is 0 Å². The second kappa shape index (κ2) is 12.8. The van der Waals surface area contributed by atoms with Gasteiger partial charge >= 0.3 is 12.2 Å². The second-order valence-corrected chi connectivity index (χ2v) is 7.61. The predicted octanol–water partition coefficient (Wildman–Crippen LogP) is 5.08. The minimum Gasteiger partial charge on any atom is -0.457 e. The van der Waals surface area contributed by atoms with E-state index in [0.29, 0.717) is 17.2 Å². The van der Waals surface area contributed by atoms with E-state index in [2.05, 4.69) is 20.9 Å². The number of nitrogens with one attached hydrogen (secondary N) is 3. The molecule has 10 nitrogen and oxygen atoms in total. The summed E-state index contributed by atoms with van der Waals surface area (Å²) in [5.41, 5.74) is 0.572. The molecule has 0 aliphatic heterocycles. The number of nitrogens with zero attached hydrogens (tertiary/aromatic N) is 1. The van der Waals surface area contributed by atoms with Gasteiger partial charge in [0.1, 0.15) is 11.5 Å². The first kappa shape index (κ1) is 26.2. The van der Waals surface area contributed by atoms with Crippen molar-refractivity contribution in [2.75, 3.05) is 5.32 Å². The summed E-state index contributed by atoms with van der Waals surface area (Å²) in [4.78, 5) is 40.7. The second-order valence-electron chi connectivity index (χ2n) is 7.61. The molecular weight excluding hydrogens is 440 g/mol. The first-order valence-corrected chi connectivity index (χ1v) is 10.9. The molecule has 0 aliphatic carbocycles. The fourth-order valence-electron chi connectivity index (χ4n) is 2.53. The Kier molecular flexibility index (Phi) is 9.88. The minimum atomic E-state index is -0.818. The molecule has 0 saturated heterocycles. The Balaban J connectivity index is 2.40. The van der Waals surface area contributed by atoms with Crippen molar-refractivity contribution in [1.29, 1.82) is 0 Å². The van der Waals surface area contributed by atoms with Crippen LogP contribution in [0.2, 0.25) is 0 Å². The van der Waals surface area contributed by atoms with Crippen LogP contribution in [0.15, 0.2) is 53.5 Å². The van der Waals surface area contributed by atoms with E-state index in [0.717, 1.165) is 0 Å². The fraction of sp³-hybridized carbons (Fsp3) is 0.333. The third-order valence-electron chi connectivity index (χ3n) is 3.90. The van der Waals surface area contributed by atoms with Gasteiger partial charge in [-0.1, -0.05) is 25.1 Å². The number of guanidine groups is 1. The van der Waals surface area contributed by atoms with E-state index in [-0.39, 0.29) is 24.0 Å². The maximum atomic E-state index is 12.1. The van der Waals surface area contributed by atoms with Crippen LogP contribution in [0.1, 0.15) is 41.0 Å². The Bertz CT molecular complexity index is 995. The highest BCUT2D eigenvalue weighted by Gasteiger charge is 2.16. The predicted molar refractivity (Wildman–Crippen MR) is 128 cm³/mol. The number of ether oxygens (including phenoxy) is 3. The largest absolute Gasteiger partial charge is 0.457 e. The van der Waals surface area contributed by atoms with E-state index >= 15 is 0 Å². The Morgan fingerprint density at radius 3 is 1.97 bits per heavy atom. The number of anilines is 1. The Morgan fingerprint density at radius 1 is 0.853 bits per heavy atom. The van der Waals surface area contributed by atoms with Crippen molar-refractivity contribution in [3.8, 4) is 11.5 Å². The van der Waals surface area contributed by atoms with E-state index in [1.807, 2.05) is 18.2 Å². The lowest BCUT2D eigenvalue weighted by Crippen LogP contribution is -2.45. The van der Waals surface area contributed by atoms with Gasteiger partial charge in [-0.25, -0.2) is 14.6 Å². The molecule has 34 heavy (non-hydrogen) atoms. The summed E-state index contributed by atoms with van der Waals surface area (Å²) >= 11 is 0. The molecule has 0 radical (unpaired) electrons. The van der Waals surface area contributed by atoms with Gasteiger partial charge in [-0.05, 0) is 52.0 Å². The van der Waals surface area contributed by atoms with E-state index < -0.39 is 24.4 Å². The summed E-state index contributed by atoms with van der Waals surface area (Å²) in [7, 11) is 0. The van der Waals surface area contributed by atoms with Crippen LogP contribution >= 0.6 is 0 Å². The number of hydrogen-bond acceptors (Lipinski definition) is 7. The zero-order valence-electron chi connectivity index (χ0n) is 19.9. The standard InChI is InChI=1S/C24H30N4O6/c1-6-21(29)25-20-14-18(34-17-10-8-7-9-11-17)12-13-19(20)26-22(27-23(30)32-15(2)3)28-24(31)33-16(4)5/h7-16H,6H2,1-5H3,(H,25,29)(H2,26,27,28,30,31). The van der Waals surface area contributed by atoms with Crippen LogP contribution in [-0.4, -0.2) is 36.3 Å². The third-order valence-corrected chi connectivity index (χ3v) is 3.90. The maximum absolute atomic E-state index is 12.1. The Morgan fingerprint density at radius 2 is 1.44 bits per heavy atom. The van der Waals surface area contributed by atoms with Crippen molar-refractivity contribution in [1.82, 2.24) is 10.6 Å². The molecule has 0 aromatic heterocycles. The van der Waals surface area contributed by atoms with Gasteiger partial charge in [0.05, 0.1) is 23.6 Å². The van der Waals surface area contributed by atoms with Gasteiger partial charge in [-0.2, -0.15) is 0 Å². The number of carbonyl (C=O) groups is 3. The van der Waals surface area contributed by atoms with Crippen LogP contribution < -0.4 is 20.7 Å². The van der Waals surface area contributed by atoms with Crippen molar-refractivity contribution in [3.05, 3.63) is 48.5 Å². The van der Waals surface area contributed by atoms with E-state index in [9.17, 15) is 14.4 Å². The average molecular weight is 471 g/mol. The van der Waals surface area contributed by atoms with Crippen molar-refractivity contribution in [3.63, 3.8) is 0 Å². The first-order valence-electron chi connectivity index (χ1n) is 10.9. The number of amides is 3. The zero-order chi connectivity index (χ0) is 25.1. The summed E-state index contributed by atoms with van der Waals surface area (Å²) in [5, 5.41) is 7.51. The molecule has 0 bridgehead atoms.